The van der Waals surface area contributed by atoms with Crippen LogP contribution < -0.4 is 4.90 Å². The number of fused-ring (bicyclic) bond motifs is 15. The highest BCUT2D eigenvalue weighted by molar-refractivity contribution is 6.22. The number of aromatic nitrogens is 1. The lowest BCUT2D eigenvalue weighted by molar-refractivity contribution is 0.670. The largest absolute Gasteiger partial charge is 0.455 e. The molecule has 70 heavy (non-hydrogen) atoms. The molecule has 0 N–H and O–H groups in total. The van der Waals surface area contributed by atoms with Gasteiger partial charge in [0.05, 0.1) is 22.4 Å². The third kappa shape index (κ3) is 5.77. The van der Waals surface area contributed by atoms with Crippen LogP contribution in [0.2, 0.25) is 0 Å². The summed E-state index contributed by atoms with van der Waals surface area (Å²) in [5.74, 6) is 0. The molecule has 1 aliphatic heterocycles. The first kappa shape index (κ1) is 38.9. The van der Waals surface area contributed by atoms with Gasteiger partial charge >= 0.3 is 0 Å². The molecular weight excluding hydrogens is 853 g/mol. The molecule has 4 heterocycles. The third-order valence-electron chi connectivity index (χ3n) is 14.9. The number of furan rings is 2. The maximum atomic E-state index is 7.45. The molecule has 0 radical (unpaired) electrons. The minimum absolute atomic E-state index is 0.838. The van der Waals surface area contributed by atoms with E-state index in [4.69, 9.17) is 8.83 Å². The monoisotopic (exact) mass is 894 g/mol. The lowest BCUT2D eigenvalue weighted by Crippen LogP contribution is -2.10. The van der Waals surface area contributed by atoms with E-state index in [2.05, 4.69) is 228 Å². The summed E-state index contributed by atoms with van der Waals surface area (Å²) in [4.78, 5) is 2.36. The Hall–Kier alpha value is -9.12. The molecule has 15 rings (SSSR count). The molecule has 0 saturated carbocycles. The SMILES string of the molecule is C1=C(c2ccccc2)CCC(c2ccc(N(c3ccc(-c4cccc5c4oc4ccccc45)cc3)c3cccc4c3oc3c5c(ccc34)-c3ccccc3-n3c4ccccc4c4cccc-5c43)cc2)=C1. The van der Waals surface area contributed by atoms with Gasteiger partial charge < -0.3 is 18.3 Å². The van der Waals surface area contributed by atoms with Crippen LogP contribution in [0.15, 0.2) is 239 Å². The van der Waals surface area contributed by atoms with Crippen LogP contribution in [0.4, 0.5) is 17.1 Å². The number of hydrogen-bond donors (Lipinski definition) is 0. The Morgan fingerprint density at radius 2 is 0.943 bits per heavy atom. The van der Waals surface area contributed by atoms with Gasteiger partial charge in [-0.2, -0.15) is 0 Å². The van der Waals surface area contributed by atoms with Crippen molar-refractivity contribution < 1.29 is 8.83 Å². The minimum Gasteiger partial charge on any atom is -0.455 e. The van der Waals surface area contributed by atoms with Crippen LogP contribution in [-0.4, -0.2) is 4.57 Å². The van der Waals surface area contributed by atoms with E-state index < -0.39 is 0 Å². The Morgan fingerprint density at radius 1 is 0.357 bits per heavy atom. The minimum atomic E-state index is 0.838. The van der Waals surface area contributed by atoms with Crippen LogP contribution in [0.1, 0.15) is 24.0 Å². The van der Waals surface area contributed by atoms with E-state index in [1.807, 2.05) is 12.1 Å². The van der Waals surface area contributed by atoms with Crippen LogP contribution in [0.25, 0.3) is 116 Å². The van der Waals surface area contributed by atoms with Gasteiger partial charge in [-0.25, -0.2) is 0 Å². The number of hydrogen-bond acceptors (Lipinski definition) is 3. The highest BCUT2D eigenvalue weighted by Crippen LogP contribution is 2.52. The van der Waals surface area contributed by atoms with Crippen LogP contribution >= 0.6 is 0 Å². The highest BCUT2D eigenvalue weighted by Gasteiger charge is 2.29. The van der Waals surface area contributed by atoms with E-state index >= 15 is 0 Å². The number of rotatable bonds is 6. The van der Waals surface area contributed by atoms with Gasteiger partial charge in [0, 0.05) is 65.9 Å². The van der Waals surface area contributed by atoms with Crippen molar-refractivity contribution >= 4 is 93.9 Å². The van der Waals surface area contributed by atoms with Gasteiger partial charge in [-0.05, 0) is 101 Å². The summed E-state index contributed by atoms with van der Waals surface area (Å²) in [6.45, 7) is 0. The van der Waals surface area contributed by atoms with Gasteiger partial charge in [0.15, 0.2) is 5.58 Å². The van der Waals surface area contributed by atoms with Gasteiger partial charge in [-0.3, -0.25) is 0 Å². The zero-order valence-corrected chi connectivity index (χ0v) is 38.1. The molecule has 2 aliphatic rings. The molecule has 0 fully saturated rings. The first-order valence-electron chi connectivity index (χ1n) is 24.2. The lowest BCUT2D eigenvalue weighted by Gasteiger charge is -2.26. The first-order chi connectivity index (χ1) is 34.7. The molecule has 10 aromatic carbocycles. The van der Waals surface area contributed by atoms with Gasteiger partial charge in [0.2, 0.25) is 0 Å². The third-order valence-corrected chi connectivity index (χ3v) is 14.9. The lowest BCUT2D eigenvalue weighted by atomic mass is 9.90. The Bertz CT molecular complexity index is 4330. The summed E-state index contributed by atoms with van der Waals surface area (Å²) in [5, 5.41) is 6.88. The second-order valence-electron chi connectivity index (χ2n) is 18.7. The molecular formula is C66H42N2O2. The predicted octanol–water partition coefficient (Wildman–Crippen LogP) is 18.6. The van der Waals surface area contributed by atoms with E-state index in [0.29, 0.717) is 0 Å². The average molecular weight is 895 g/mol. The van der Waals surface area contributed by atoms with Crippen LogP contribution in [0, 0.1) is 0 Å². The van der Waals surface area contributed by atoms with Gasteiger partial charge in [-0.1, -0.05) is 176 Å². The number of anilines is 3. The Kier molecular flexibility index (Phi) is 8.45. The predicted molar refractivity (Wildman–Crippen MR) is 292 cm³/mol. The van der Waals surface area contributed by atoms with E-state index in [1.54, 1.807) is 0 Å². The molecule has 0 bridgehead atoms. The zero-order valence-electron chi connectivity index (χ0n) is 38.1. The van der Waals surface area contributed by atoms with Gasteiger partial charge in [0.1, 0.15) is 16.7 Å². The highest BCUT2D eigenvalue weighted by atomic mass is 16.3. The van der Waals surface area contributed by atoms with Crippen molar-refractivity contribution in [3.63, 3.8) is 0 Å². The molecule has 0 saturated heterocycles. The molecule has 13 aromatic rings. The molecule has 4 nitrogen and oxygen atoms in total. The summed E-state index contributed by atoms with van der Waals surface area (Å²) in [6, 6.07) is 78.9. The Balaban J connectivity index is 0.917. The second-order valence-corrected chi connectivity index (χ2v) is 18.7. The average Bonchev–Trinajstić information content (AvgIpc) is 4.10. The summed E-state index contributed by atoms with van der Waals surface area (Å²) >= 11 is 0. The molecule has 0 spiro atoms. The summed E-state index contributed by atoms with van der Waals surface area (Å²) < 4.78 is 16.4. The normalized spacial score (nSPS) is 13.2. The van der Waals surface area contributed by atoms with Crippen molar-refractivity contribution in [3.8, 4) is 39.1 Å². The molecule has 328 valence electrons. The van der Waals surface area contributed by atoms with E-state index in [0.717, 1.165) is 102 Å². The molecule has 0 atom stereocenters. The smallest absolute Gasteiger partial charge is 0.159 e. The number of nitrogens with zero attached hydrogens (tertiary/aromatic N) is 2. The zero-order chi connectivity index (χ0) is 45.9. The van der Waals surface area contributed by atoms with E-state index in [-0.39, 0.29) is 0 Å². The fraction of sp³-hybridized carbons (Fsp3) is 0.0303. The molecule has 3 aromatic heterocycles. The summed E-state index contributed by atoms with van der Waals surface area (Å²) in [5.41, 5.74) is 22.2. The molecule has 0 unspecified atom stereocenters. The first-order valence-corrected chi connectivity index (χ1v) is 24.2. The van der Waals surface area contributed by atoms with Gasteiger partial charge in [-0.15, -0.1) is 0 Å². The Labute approximate surface area is 403 Å². The molecule has 0 amide bonds. The number of benzene rings is 10. The van der Waals surface area contributed by atoms with E-state index in [9.17, 15) is 0 Å². The van der Waals surface area contributed by atoms with Crippen LogP contribution in [0.3, 0.4) is 0 Å². The summed E-state index contributed by atoms with van der Waals surface area (Å²) in [6.07, 6.45) is 6.60. The van der Waals surface area contributed by atoms with Crippen LogP contribution in [-0.2, 0) is 0 Å². The van der Waals surface area contributed by atoms with E-state index in [1.165, 1.54) is 55.3 Å². The van der Waals surface area contributed by atoms with Crippen molar-refractivity contribution in [1.82, 2.24) is 4.57 Å². The van der Waals surface area contributed by atoms with Gasteiger partial charge in [0.25, 0.3) is 0 Å². The summed E-state index contributed by atoms with van der Waals surface area (Å²) in [7, 11) is 0. The fourth-order valence-electron chi connectivity index (χ4n) is 11.7. The standard InChI is InChI=1S/C66H42N2O2/c1-2-13-41(14-3-1)42-27-29-43(30-28-42)44-31-35-46(36-32-44)67(47-37-33-45(34-38-47)48-18-10-20-54-51-17-6-9-26-61(51)69-64(48)54)60-25-12-21-55-56-40-39-52-49-15-4-7-23-58(49)68-59-24-8-5-16-50(59)53-19-11-22-57(63(53)68)62(52)66(56)70-65(55)60/h1-27,29,31-40H,28,30H2. The maximum absolute atomic E-state index is 7.45. The van der Waals surface area contributed by atoms with Crippen molar-refractivity contribution in [1.29, 1.82) is 0 Å². The fourth-order valence-corrected chi connectivity index (χ4v) is 11.7. The van der Waals surface area contributed by atoms with Crippen LogP contribution in [0.5, 0.6) is 0 Å². The maximum Gasteiger partial charge on any atom is 0.159 e. The molecule has 1 aliphatic carbocycles. The van der Waals surface area contributed by atoms with Crippen molar-refractivity contribution in [2.24, 2.45) is 0 Å². The number of allylic oxidation sites excluding steroid dienone is 4. The molecule has 4 heteroatoms. The van der Waals surface area contributed by atoms with Crippen molar-refractivity contribution in [2.45, 2.75) is 12.8 Å². The second kappa shape index (κ2) is 15.2. The topological polar surface area (TPSA) is 34.5 Å². The Morgan fingerprint density at radius 3 is 1.73 bits per heavy atom. The quantitative estimate of drug-likeness (QED) is 0.167. The number of para-hydroxylation sites is 6. The van der Waals surface area contributed by atoms with Crippen molar-refractivity contribution in [3.05, 3.63) is 242 Å². The van der Waals surface area contributed by atoms with Crippen molar-refractivity contribution in [2.75, 3.05) is 4.90 Å².